The van der Waals surface area contributed by atoms with Crippen molar-refractivity contribution in [2.24, 2.45) is 11.8 Å². The molecule has 17 heavy (non-hydrogen) atoms. The summed E-state index contributed by atoms with van der Waals surface area (Å²) in [6.45, 7) is 8.82. The molecule has 0 N–H and O–H groups in total. The maximum Gasteiger partial charge on any atom is 0.0999 e. The fourth-order valence-electron chi connectivity index (χ4n) is 2.40. The van der Waals surface area contributed by atoms with Crippen LogP contribution in [0.25, 0.3) is 0 Å². The average Bonchev–Trinajstić information content (AvgIpc) is 2.35. The summed E-state index contributed by atoms with van der Waals surface area (Å²) in [5.74, 6) is 1.71. The Morgan fingerprint density at radius 2 is 1.53 bits per heavy atom. The zero-order valence-corrected chi connectivity index (χ0v) is 12.5. The van der Waals surface area contributed by atoms with Crippen LogP contribution in [0.1, 0.15) is 85.5 Å². The third-order valence-electron chi connectivity index (χ3n) is 4.03. The maximum atomic E-state index is 13.1. The molecule has 0 aliphatic carbocycles. The van der Waals surface area contributed by atoms with Crippen LogP contribution >= 0.6 is 0 Å². The van der Waals surface area contributed by atoms with Crippen LogP contribution in [0, 0.1) is 11.8 Å². The van der Waals surface area contributed by atoms with Gasteiger partial charge >= 0.3 is 0 Å². The second kappa shape index (κ2) is 11.0. The van der Waals surface area contributed by atoms with E-state index >= 15 is 0 Å². The minimum Gasteiger partial charge on any atom is -0.248 e. The van der Waals surface area contributed by atoms with Crippen molar-refractivity contribution in [2.45, 2.75) is 91.7 Å². The van der Waals surface area contributed by atoms with Gasteiger partial charge in [-0.2, -0.15) is 0 Å². The van der Waals surface area contributed by atoms with Crippen molar-refractivity contribution >= 4 is 0 Å². The van der Waals surface area contributed by atoms with E-state index in [4.69, 9.17) is 0 Å². The third kappa shape index (κ3) is 9.62. The Bertz CT molecular complexity index is 156. The van der Waals surface area contributed by atoms with E-state index in [9.17, 15) is 4.39 Å². The predicted octanol–water partition coefficient (Wildman–Crippen LogP) is 6.15. The van der Waals surface area contributed by atoms with Gasteiger partial charge in [-0.3, -0.25) is 0 Å². The lowest BCUT2D eigenvalue weighted by molar-refractivity contribution is 0.279. The van der Waals surface area contributed by atoms with Crippen molar-refractivity contribution in [2.75, 3.05) is 0 Å². The molecule has 0 spiro atoms. The predicted molar refractivity (Wildman–Crippen MR) is 76.1 cm³/mol. The highest BCUT2D eigenvalue weighted by Gasteiger charge is 2.11. The van der Waals surface area contributed by atoms with Crippen LogP contribution in [0.3, 0.4) is 0 Å². The van der Waals surface area contributed by atoms with Crippen LogP contribution in [-0.4, -0.2) is 6.17 Å². The zero-order chi connectivity index (χ0) is 13.1. The lowest BCUT2D eigenvalue weighted by atomic mass is 9.88. The molecule has 104 valence electrons. The van der Waals surface area contributed by atoms with E-state index in [0.717, 1.165) is 24.7 Å². The molecule has 0 heterocycles. The number of hydrogen-bond donors (Lipinski definition) is 0. The standard InChI is InChI=1S/C16H33F/c1-5-9-15(13-12-14(4)6-2)10-8-11-16(17)7-3/h14-16H,5-13H2,1-4H3. The smallest absolute Gasteiger partial charge is 0.0999 e. The normalized spacial score (nSPS) is 16.8. The highest BCUT2D eigenvalue weighted by Crippen LogP contribution is 2.24. The summed E-state index contributed by atoms with van der Waals surface area (Å²) in [5.41, 5.74) is 0. The van der Waals surface area contributed by atoms with E-state index in [1.165, 1.54) is 38.5 Å². The largest absolute Gasteiger partial charge is 0.248 e. The lowest BCUT2D eigenvalue weighted by Gasteiger charge is -2.18. The lowest BCUT2D eigenvalue weighted by Crippen LogP contribution is -2.05. The fourth-order valence-corrected chi connectivity index (χ4v) is 2.40. The molecule has 0 aromatic heterocycles. The van der Waals surface area contributed by atoms with Crippen molar-refractivity contribution in [1.82, 2.24) is 0 Å². The molecule has 0 bridgehead atoms. The van der Waals surface area contributed by atoms with Gasteiger partial charge in [0.15, 0.2) is 0 Å². The van der Waals surface area contributed by atoms with Crippen molar-refractivity contribution < 1.29 is 4.39 Å². The fraction of sp³-hybridized carbons (Fsp3) is 1.00. The molecular formula is C16H33F. The second-order valence-electron chi connectivity index (χ2n) is 5.68. The Morgan fingerprint density at radius 1 is 0.824 bits per heavy atom. The van der Waals surface area contributed by atoms with Gasteiger partial charge in [0, 0.05) is 0 Å². The average molecular weight is 244 g/mol. The number of alkyl halides is 1. The van der Waals surface area contributed by atoms with Crippen molar-refractivity contribution in [3.05, 3.63) is 0 Å². The Morgan fingerprint density at radius 3 is 2.06 bits per heavy atom. The molecule has 3 unspecified atom stereocenters. The molecule has 0 radical (unpaired) electrons. The van der Waals surface area contributed by atoms with Crippen LogP contribution in [-0.2, 0) is 0 Å². The molecule has 0 nitrogen and oxygen atoms in total. The summed E-state index contributed by atoms with van der Waals surface area (Å²) in [6.07, 6.45) is 9.83. The molecular weight excluding hydrogens is 211 g/mol. The van der Waals surface area contributed by atoms with Crippen molar-refractivity contribution in [3.63, 3.8) is 0 Å². The molecule has 0 aromatic carbocycles. The van der Waals surface area contributed by atoms with Crippen LogP contribution in [0.15, 0.2) is 0 Å². The Labute approximate surface area is 108 Å². The van der Waals surface area contributed by atoms with E-state index in [0.29, 0.717) is 6.42 Å². The summed E-state index contributed by atoms with van der Waals surface area (Å²) in [6, 6.07) is 0. The molecule has 1 heteroatoms. The molecule has 0 saturated heterocycles. The zero-order valence-electron chi connectivity index (χ0n) is 12.5. The first-order chi connectivity index (χ1) is 8.13. The SMILES string of the molecule is CCCC(CCCC(F)CC)CCC(C)CC. The van der Waals surface area contributed by atoms with Crippen LogP contribution in [0.2, 0.25) is 0 Å². The monoisotopic (exact) mass is 244 g/mol. The van der Waals surface area contributed by atoms with Crippen LogP contribution in [0.4, 0.5) is 4.39 Å². The summed E-state index contributed by atoms with van der Waals surface area (Å²) in [5, 5.41) is 0. The Balaban J connectivity index is 3.73. The van der Waals surface area contributed by atoms with Gasteiger partial charge in [-0.05, 0) is 24.7 Å². The number of rotatable bonds is 11. The van der Waals surface area contributed by atoms with Gasteiger partial charge < -0.3 is 0 Å². The van der Waals surface area contributed by atoms with Crippen LogP contribution in [0.5, 0.6) is 0 Å². The summed E-state index contributed by atoms with van der Waals surface area (Å²) < 4.78 is 13.1. The molecule has 0 aromatic rings. The molecule has 0 aliphatic heterocycles. The number of halogens is 1. The topological polar surface area (TPSA) is 0 Å². The van der Waals surface area contributed by atoms with E-state index in [2.05, 4.69) is 20.8 Å². The molecule has 0 amide bonds. The van der Waals surface area contributed by atoms with Gasteiger partial charge in [0.25, 0.3) is 0 Å². The summed E-state index contributed by atoms with van der Waals surface area (Å²) in [7, 11) is 0. The van der Waals surface area contributed by atoms with Crippen LogP contribution < -0.4 is 0 Å². The van der Waals surface area contributed by atoms with E-state index in [1.54, 1.807) is 0 Å². The van der Waals surface area contributed by atoms with Gasteiger partial charge in [-0.1, -0.05) is 72.6 Å². The van der Waals surface area contributed by atoms with Gasteiger partial charge in [-0.25, -0.2) is 4.39 Å². The minimum atomic E-state index is -0.563. The van der Waals surface area contributed by atoms with Gasteiger partial charge in [0.1, 0.15) is 0 Å². The van der Waals surface area contributed by atoms with Gasteiger partial charge in [-0.15, -0.1) is 0 Å². The molecule has 3 atom stereocenters. The second-order valence-corrected chi connectivity index (χ2v) is 5.68. The minimum absolute atomic E-state index is 0.563. The van der Waals surface area contributed by atoms with E-state index < -0.39 is 6.17 Å². The van der Waals surface area contributed by atoms with Crippen molar-refractivity contribution in [1.29, 1.82) is 0 Å². The molecule has 0 fully saturated rings. The third-order valence-corrected chi connectivity index (χ3v) is 4.03. The number of hydrogen-bond acceptors (Lipinski definition) is 0. The first-order valence-electron chi connectivity index (χ1n) is 7.77. The molecule has 0 aliphatic rings. The first-order valence-corrected chi connectivity index (χ1v) is 7.77. The first kappa shape index (κ1) is 16.9. The summed E-state index contributed by atoms with van der Waals surface area (Å²) in [4.78, 5) is 0. The summed E-state index contributed by atoms with van der Waals surface area (Å²) >= 11 is 0. The Hall–Kier alpha value is -0.0700. The maximum absolute atomic E-state index is 13.1. The van der Waals surface area contributed by atoms with E-state index in [-0.39, 0.29) is 0 Å². The molecule has 0 saturated carbocycles. The van der Waals surface area contributed by atoms with Gasteiger partial charge in [0.05, 0.1) is 6.17 Å². The van der Waals surface area contributed by atoms with Gasteiger partial charge in [0.2, 0.25) is 0 Å². The van der Waals surface area contributed by atoms with Crippen molar-refractivity contribution in [3.8, 4) is 0 Å². The highest BCUT2D eigenvalue weighted by atomic mass is 19.1. The quantitative estimate of drug-likeness (QED) is 0.409. The molecule has 0 rings (SSSR count). The van der Waals surface area contributed by atoms with E-state index in [1.807, 2.05) is 6.92 Å². The Kier molecular flexibility index (Phi) is 11.0. The highest BCUT2D eigenvalue weighted by molar-refractivity contribution is 4.63.